The van der Waals surface area contributed by atoms with Crippen LogP contribution < -0.4 is 0 Å². The Labute approximate surface area is 119 Å². The molecule has 4 unspecified atom stereocenters. The Bertz CT molecular complexity index is 385. The molecule has 2 aliphatic rings. The summed E-state index contributed by atoms with van der Waals surface area (Å²) >= 11 is 0. The first-order valence-electron chi connectivity index (χ1n) is 7.36. The molecular formula is C14H24N2O4. The van der Waals surface area contributed by atoms with E-state index in [1.807, 2.05) is 0 Å². The minimum atomic E-state index is -0.918. The number of rotatable bonds is 3. The SMILES string of the molecule is CC(O)CN(C)C(=O)N1C(C(=O)O)CC2CCCCC21. The molecule has 20 heavy (non-hydrogen) atoms. The van der Waals surface area contributed by atoms with Crippen LogP contribution in [-0.4, -0.2) is 63.8 Å². The van der Waals surface area contributed by atoms with Gasteiger partial charge in [0.1, 0.15) is 6.04 Å². The van der Waals surface area contributed by atoms with Gasteiger partial charge in [0.15, 0.2) is 0 Å². The Hall–Kier alpha value is -1.30. The number of carbonyl (C=O) groups excluding carboxylic acids is 1. The third-order valence-electron chi connectivity index (χ3n) is 4.46. The molecule has 1 saturated carbocycles. The summed E-state index contributed by atoms with van der Waals surface area (Å²) in [4.78, 5) is 26.9. The van der Waals surface area contributed by atoms with Crippen LogP contribution in [0.5, 0.6) is 0 Å². The number of hydrogen-bond acceptors (Lipinski definition) is 3. The number of amides is 2. The van der Waals surface area contributed by atoms with Crippen molar-refractivity contribution in [1.82, 2.24) is 9.80 Å². The van der Waals surface area contributed by atoms with Gasteiger partial charge in [-0.3, -0.25) is 0 Å². The van der Waals surface area contributed by atoms with Crippen molar-refractivity contribution in [3.63, 3.8) is 0 Å². The van der Waals surface area contributed by atoms with Gasteiger partial charge in [-0.05, 0) is 32.1 Å². The molecule has 2 rings (SSSR count). The standard InChI is InChI=1S/C14H24N2O4/c1-9(17)8-15(2)14(20)16-11-6-4-3-5-10(11)7-12(16)13(18)19/h9-12,17H,3-8H2,1-2H3,(H,18,19). The van der Waals surface area contributed by atoms with E-state index in [9.17, 15) is 19.8 Å². The van der Waals surface area contributed by atoms with Crippen molar-refractivity contribution in [2.45, 2.75) is 57.2 Å². The second-order valence-corrected chi connectivity index (χ2v) is 6.12. The lowest BCUT2D eigenvalue weighted by atomic mass is 9.85. The monoisotopic (exact) mass is 284 g/mol. The van der Waals surface area contributed by atoms with E-state index in [-0.39, 0.29) is 18.6 Å². The van der Waals surface area contributed by atoms with Crippen molar-refractivity contribution in [2.24, 2.45) is 5.92 Å². The van der Waals surface area contributed by atoms with Gasteiger partial charge in [-0.15, -0.1) is 0 Å². The lowest BCUT2D eigenvalue weighted by Gasteiger charge is -2.35. The van der Waals surface area contributed by atoms with E-state index in [2.05, 4.69) is 0 Å². The maximum atomic E-state index is 12.5. The summed E-state index contributed by atoms with van der Waals surface area (Å²) in [5.74, 6) is -0.605. The molecule has 2 fully saturated rings. The van der Waals surface area contributed by atoms with Crippen molar-refractivity contribution in [2.75, 3.05) is 13.6 Å². The predicted octanol–water partition coefficient (Wildman–Crippen LogP) is 1.14. The minimum Gasteiger partial charge on any atom is -0.480 e. The number of carbonyl (C=O) groups is 2. The second kappa shape index (κ2) is 5.99. The molecule has 0 aromatic rings. The predicted molar refractivity (Wildman–Crippen MR) is 73.3 cm³/mol. The van der Waals surface area contributed by atoms with Crippen LogP contribution in [0.1, 0.15) is 39.0 Å². The molecule has 0 radical (unpaired) electrons. The lowest BCUT2D eigenvalue weighted by molar-refractivity contribution is -0.141. The van der Waals surface area contributed by atoms with Crippen LogP contribution in [0.3, 0.4) is 0 Å². The molecule has 4 atom stereocenters. The smallest absolute Gasteiger partial charge is 0.326 e. The quantitative estimate of drug-likeness (QED) is 0.814. The average molecular weight is 284 g/mol. The fourth-order valence-corrected chi connectivity index (χ4v) is 3.63. The first kappa shape index (κ1) is 15.1. The molecule has 6 heteroatoms. The van der Waals surface area contributed by atoms with Crippen LogP contribution in [0.15, 0.2) is 0 Å². The number of aliphatic hydroxyl groups is 1. The number of nitrogens with zero attached hydrogens (tertiary/aromatic N) is 2. The molecule has 2 N–H and O–H groups in total. The van der Waals surface area contributed by atoms with Gasteiger partial charge in [-0.2, -0.15) is 0 Å². The number of urea groups is 1. The van der Waals surface area contributed by atoms with E-state index in [1.54, 1.807) is 18.9 Å². The Morgan fingerprint density at radius 1 is 1.35 bits per heavy atom. The number of likely N-dealkylation sites (tertiary alicyclic amines) is 1. The normalized spacial score (nSPS) is 30.8. The maximum Gasteiger partial charge on any atom is 0.326 e. The number of hydrogen-bond donors (Lipinski definition) is 2. The highest BCUT2D eigenvalue weighted by Gasteiger charge is 2.48. The highest BCUT2D eigenvalue weighted by molar-refractivity contribution is 5.83. The summed E-state index contributed by atoms with van der Waals surface area (Å²) in [6.45, 7) is 1.84. The van der Waals surface area contributed by atoms with E-state index in [1.165, 1.54) is 4.90 Å². The van der Waals surface area contributed by atoms with Gasteiger partial charge < -0.3 is 20.0 Å². The molecule has 1 saturated heterocycles. The minimum absolute atomic E-state index is 0.0498. The molecule has 1 aliphatic heterocycles. The van der Waals surface area contributed by atoms with Gasteiger partial charge in [0, 0.05) is 19.6 Å². The van der Waals surface area contributed by atoms with Crippen molar-refractivity contribution in [3.8, 4) is 0 Å². The molecule has 0 bridgehead atoms. The summed E-state index contributed by atoms with van der Waals surface area (Å²) in [5.41, 5.74) is 0. The fourth-order valence-electron chi connectivity index (χ4n) is 3.63. The van der Waals surface area contributed by atoms with E-state index < -0.39 is 18.1 Å². The van der Waals surface area contributed by atoms with E-state index in [4.69, 9.17) is 0 Å². The summed E-state index contributed by atoms with van der Waals surface area (Å²) in [5, 5.41) is 18.8. The van der Waals surface area contributed by atoms with Crippen LogP contribution in [0.2, 0.25) is 0 Å². The third kappa shape index (κ3) is 2.90. The summed E-state index contributed by atoms with van der Waals surface area (Å²) in [6.07, 6.45) is 4.03. The van der Waals surface area contributed by atoms with Gasteiger partial charge in [0.05, 0.1) is 6.10 Å². The average Bonchev–Trinajstić information content (AvgIpc) is 2.76. The maximum absolute atomic E-state index is 12.5. The summed E-state index contributed by atoms with van der Waals surface area (Å²) < 4.78 is 0. The summed E-state index contributed by atoms with van der Waals surface area (Å²) in [6, 6.07) is -0.937. The van der Waals surface area contributed by atoms with Crippen LogP contribution >= 0.6 is 0 Å². The Balaban J connectivity index is 2.16. The Kier molecular flexibility index (Phi) is 4.52. The van der Waals surface area contributed by atoms with Gasteiger partial charge in [0.25, 0.3) is 0 Å². The zero-order valence-corrected chi connectivity index (χ0v) is 12.2. The molecule has 2 amide bonds. The first-order valence-corrected chi connectivity index (χ1v) is 7.36. The molecule has 1 aliphatic carbocycles. The van der Waals surface area contributed by atoms with Crippen LogP contribution in [0.4, 0.5) is 4.79 Å². The van der Waals surface area contributed by atoms with Crippen LogP contribution in [0.25, 0.3) is 0 Å². The van der Waals surface area contributed by atoms with E-state index >= 15 is 0 Å². The molecule has 114 valence electrons. The Morgan fingerprint density at radius 3 is 2.60 bits per heavy atom. The molecule has 0 aromatic heterocycles. The topological polar surface area (TPSA) is 81.1 Å². The Morgan fingerprint density at radius 2 is 2.00 bits per heavy atom. The molecule has 0 aromatic carbocycles. The number of aliphatic carboxylic acids is 1. The fraction of sp³-hybridized carbons (Fsp3) is 0.857. The van der Waals surface area contributed by atoms with Crippen LogP contribution in [-0.2, 0) is 4.79 Å². The highest BCUT2D eigenvalue weighted by atomic mass is 16.4. The molecule has 6 nitrogen and oxygen atoms in total. The zero-order valence-electron chi connectivity index (χ0n) is 12.2. The zero-order chi connectivity index (χ0) is 14.9. The summed E-state index contributed by atoms with van der Waals surface area (Å²) in [7, 11) is 1.62. The highest BCUT2D eigenvalue weighted by Crippen LogP contribution is 2.40. The number of carboxylic acid groups (broad SMARTS) is 1. The van der Waals surface area contributed by atoms with Crippen molar-refractivity contribution < 1.29 is 19.8 Å². The number of aliphatic hydroxyl groups excluding tert-OH is 1. The number of fused-ring (bicyclic) bond motifs is 1. The van der Waals surface area contributed by atoms with E-state index in [0.717, 1.165) is 25.7 Å². The van der Waals surface area contributed by atoms with Crippen LogP contribution in [0, 0.1) is 5.92 Å². The first-order chi connectivity index (χ1) is 9.41. The van der Waals surface area contributed by atoms with Crippen molar-refractivity contribution in [1.29, 1.82) is 0 Å². The molecule has 0 spiro atoms. The van der Waals surface area contributed by atoms with Gasteiger partial charge in [-0.25, -0.2) is 9.59 Å². The van der Waals surface area contributed by atoms with E-state index in [0.29, 0.717) is 12.3 Å². The molecular weight excluding hydrogens is 260 g/mol. The number of carboxylic acids is 1. The third-order valence-corrected chi connectivity index (χ3v) is 4.46. The van der Waals surface area contributed by atoms with Crippen molar-refractivity contribution in [3.05, 3.63) is 0 Å². The van der Waals surface area contributed by atoms with Crippen molar-refractivity contribution >= 4 is 12.0 Å². The second-order valence-electron chi connectivity index (χ2n) is 6.12. The van der Waals surface area contributed by atoms with Gasteiger partial charge >= 0.3 is 12.0 Å². The number of likely N-dealkylation sites (N-methyl/N-ethyl adjacent to an activating group) is 1. The van der Waals surface area contributed by atoms with Gasteiger partial charge in [-0.1, -0.05) is 12.8 Å². The van der Waals surface area contributed by atoms with Gasteiger partial charge in [0.2, 0.25) is 0 Å². The largest absolute Gasteiger partial charge is 0.480 e. The lowest BCUT2D eigenvalue weighted by Crippen LogP contribution is -2.52. The molecule has 1 heterocycles.